The summed E-state index contributed by atoms with van der Waals surface area (Å²) in [5.74, 6) is 0.797. The molecule has 1 N–H and O–H groups in total. The molecule has 0 radical (unpaired) electrons. The molecule has 0 amide bonds. The summed E-state index contributed by atoms with van der Waals surface area (Å²) in [6.07, 6.45) is 0. The van der Waals surface area contributed by atoms with E-state index in [9.17, 15) is 4.89 Å². The lowest BCUT2D eigenvalue weighted by Crippen LogP contribution is -2.19. The lowest BCUT2D eigenvalue weighted by atomic mass is 9.77. The molecule has 3 heteroatoms. The number of hydrogen-bond acceptors (Lipinski definition) is 2. The van der Waals surface area contributed by atoms with Crippen LogP contribution in [0, 0.1) is 13.8 Å². The summed E-state index contributed by atoms with van der Waals surface area (Å²) in [7, 11) is -1.86. The van der Waals surface area contributed by atoms with E-state index >= 15 is 0 Å². The molecule has 0 heterocycles. The van der Waals surface area contributed by atoms with Crippen LogP contribution < -0.4 is 9.83 Å². The van der Waals surface area contributed by atoms with Crippen LogP contribution in [0.15, 0.2) is 54.6 Å². The van der Waals surface area contributed by atoms with Gasteiger partial charge in [-0.1, -0.05) is 116 Å². The van der Waals surface area contributed by atoms with Crippen molar-refractivity contribution in [2.24, 2.45) is 0 Å². The minimum absolute atomic E-state index is 0.0459. The maximum Gasteiger partial charge on any atom is 0.262 e. The van der Waals surface area contributed by atoms with Gasteiger partial charge >= 0.3 is 0 Å². The summed E-state index contributed by atoms with van der Waals surface area (Å²) in [5.41, 5.74) is 8.10. The van der Waals surface area contributed by atoms with E-state index in [0.29, 0.717) is 0 Å². The molecule has 1 unspecified atom stereocenters. The molecule has 1 atom stereocenters. The summed E-state index contributed by atoms with van der Waals surface area (Å²) < 4.78 is 6.43. The first-order chi connectivity index (χ1) is 16.0. The predicted octanol–water partition coefficient (Wildman–Crippen LogP) is 8.87. The SMILES string of the molecule is Cc1cc(C)c(OP(O)c2ccccc2-c2ccc(C(C)(C)C)cc2C(C)(C)C)c(C(C)(C)C)c1. The second-order valence-electron chi connectivity index (χ2n) is 12.9. The molecule has 3 aromatic rings. The normalized spacial score (nSPS) is 13.6. The highest BCUT2D eigenvalue weighted by molar-refractivity contribution is 7.55. The van der Waals surface area contributed by atoms with Gasteiger partial charge in [0.2, 0.25) is 0 Å². The highest BCUT2D eigenvalue weighted by Crippen LogP contribution is 2.44. The monoisotopic (exact) mass is 490 g/mol. The van der Waals surface area contributed by atoms with Gasteiger partial charge in [-0.2, -0.15) is 0 Å². The van der Waals surface area contributed by atoms with Gasteiger partial charge < -0.3 is 9.42 Å². The maximum atomic E-state index is 11.5. The van der Waals surface area contributed by atoms with Crippen molar-refractivity contribution in [2.75, 3.05) is 0 Å². The lowest BCUT2D eigenvalue weighted by molar-refractivity contribution is 0.476. The molecule has 0 aromatic heterocycles. The zero-order valence-corrected chi connectivity index (χ0v) is 24.4. The average molecular weight is 491 g/mol. The van der Waals surface area contributed by atoms with Crippen molar-refractivity contribution in [2.45, 2.75) is 92.4 Å². The third-order valence-corrected chi connectivity index (χ3v) is 7.66. The van der Waals surface area contributed by atoms with Crippen molar-refractivity contribution in [1.82, 2.24) is 0 Å². The summed E-state index contributed by atoms with van der Waals surface area (Å²) >= 11 is 0. The van der Waals surface area contributed by atoms with E-state index in [0.717, 1.165) is 33.3 Å². The fourth-order valence-electron chi connectivity index (χ4n) is 4.50. The molecule has 3 aromatic carbocycles. The number of hydrogen-bond donors (Lipinski definition) is 1. The van der Waals surface area contributed by atoms with Crippen LogP contribution in [0.3, 0.4) is 0 Å². The van der Waals surface area contributed by atoms with Gasteiger partial charge in [-0.3, -0.25) is 0 Å². The van der Waals surface area contributed by atoms with Crippen LogP contribution in [0.4, 0.5) is 0 Å². The van der Waals surface area contributed by atoms with Gasteiger partial charge in [-0.15, -0.1) is 0 Å². The van der Waals surface area contributed by atoms with Crippen LogP contribution in [0.5, 0.6) is 5.75 Å². The second kappa shape index (κ2) is 9.72. The first-order valence-corrected chi connectivity index (χ1v) is 13.7. The molecule has 0 aliphatic rings. The highest BCUT2D eigenvalue weighted by Gasteiger charge is 2.28. The predicted molar refractivity (Wildman–Crippen MR) is 153 cm³/mol. The Kier molecular flexibility index (Phi) is 7.62. The molecule has 3 rings (SSSR count). The molecule has 0 fully saturated rings. The van der Waals surface area contributed by atoms with E-state index in [1.54, 1.807) is 0 Å². The third-order valence-electron chi connectivity index (χ3n) is 6.50. The summed E-state index contributed by atoms with van der Waals surface area (Å²) in [4.78, 5) is 11.5. The van der Waals surface area contributed by atoms with Gasteiger partial charge in [0.25, 0.3) is 8.38 Å². The molecule has 0 aliphatic heterocycles. The van der Waals surface area contributed by atoms with Gasteiger partial charge in [0.05, 0.1) is 0 Å². The van der Waals surface area contributed by atoms with Crippen molar-refractivity contribution in [1.29, 1.82) is 0 Å². The number of aryl methyl sites for hydroxylation is 2. The van der Waals surface area contributed by atoms with Gasteiger partial charge in [0.15, 0.2) is 0 Å². The maximum absolute atomic E-state index is 11.5. The molecule has 0 saturated carbocycles. The Balaban J connectivity index is 2.14. The molecular formula is C32H43O2P. The zero-order chi connectivity index (χ0) is 26.3. The van der Waals surface area contributed by atoms with Crippen molar-refractivity contribution in [3.05, 3.63) is 82.4 Å². The van der Waals surface area contributed by atoms with Gasteiger partial charge in [-0.05, 0) is 64.0 Å². The van der Waals surface area contributed by atoms with Gasteiger partial charge in [0.1, 0.15) is 5.75 Å². The quantitative estimate of drug-likeness (QED) is 0.370. The largest absolute Gasteiger partial charge is 0.443 e. The first-order valence-electron chi connectivity index (χ1n) is 12.5. The minimum atomic E-state index is -1.86. The van der Waals surface area contributed by atoms with E-state index in [1.807, 2.05) is 18.2 Å². The van der Waals surface area contributed by atoms with Crippen LogP contribution in [0.1, 0.15) is 90.1 Å². The molecule has 0 bridgehead atoms. The van der Waals surface area contributed by atoms with Crippen molar-refractivity contribution < 1.29 is 9.42 Å². The van der Waals surface area contributed by atoms with E-state index in [4.69, 9.17) is 4.52 Å². The highest BCUT2D eigenvalue weighted by atomic mass is 31.2. The Labute approximate surface area is 214 Å². The van der Waals surface area contributed by atoms with Crippen molar-refractivity contribution >= 4 is 13.7 Å². The second-order valence-corrected chi connectivity index (χ2v) is 14.1. The molecular weight excluding hydrogens is 447 g/mol. The van der Waals surface area contributed by atoms with Gasteiger partial charge in [0, 0.05) is 10.9 Å². The third kappa shape index (κ3) is 6.16. The first kappa shape index (κ1) is 27.4. The van der Waals surface area contributed by atoms with Crippen LogP contribution in [-0.4, -0.2) is 4.89 Å². The zero-order valence-electron chi connectivity index (χ0n) is 23.5. The summed E-state index contributed by atoms with van der Waals surface area (Å²) in [6.45, 7) is 24.3. The van der Waals surface area contributed by atoms with Crippen molar-refractivity contribution in [3.63, 3.8) is 0 Å². The lowest BCUT2D eigenvalue weighted by Gasteiger charge is -2.29. The standard InChI is InChI=1S/C32H43O2P/c1-21-18-22(2)29(27(19-21)32(9,10)11)34-35(33)28-15-13-12-14-25(28)24-17-16-23(30(3,4)5)20-26(24)31(6,7)8/h12-20,33H,1-11H3. The summed E-state index contributed by atoms with van der Waals surface area (Å²) in [5, 5.41) is 0.844. The van der Waals surface area contributed by atoms with Crippen LogP contribution in [0.25, 0.3) is 11.1 Å². The average Bonchev–Trinajstić information content (AvgIpc) is 2.73. The van der Waals surface area contributed by atoms with E-state index in [2.05, 4.69) is 113 Å². The molecule has 0 saturated heterocycles. The van der Waals surface area contributed by atoms with Crippen molar-refractivity contribution in [3.8, 4) is 16.9 Å². The van der Waals surface area contributed by atoms with Crippen LogP contribution in [0.2, 0.25) is 0 Å². The fraction of sp³-hybridized carbons (Fsp3) is 0.438. The molecule has 0 aliphatic carbocycles. The Morgan fingerprint density at radius 1 is 0.657 bits per heavy atom. The van der Waals surface area contributed by atoms with Gasteiger partial charge in [-0.25, -0.2) is 0 Å². The Morgan fingerprint density at radius 3 is 1.83 bits per heavy atom. The molecule has 2 nitrogen and oxygen atoms in total. The molecule has 35 heavy (non-hydrogen) atoms. The Hall–Kier alpha value is -2.15. The van der Waals surface area contributed by atoms with E-state index < -0.39 is 8.38 Å². The topological polar surface area (TPSA) is 29.5 Å². The smallest absolute Gasteiger partial charge is 0.262 e. The minimum Gasteiger partial charge on any atom is -0.443 e. The fourth-order valence-corrected chi connectivity index (χ4v) is 5.63. The summed E-state index contributed by atoms with van der Waals surface area (Å²) in [6, 6.07) is 19.2. The Bertz CT molecular complexity index is 1200. The molecule has 0 spiro atoms. The Morgan fingerprint density at radius 2 is 1.26 bits per heavy atom. The van der Waals surface area contributed by atoms with E-state index in [1.165, 1.54) is 16.7 Å². The van der Waals surface area contributed by atoms with Crippen LogP contribution in [-0.2, 0) is 16.2 Å². The van der Waals surface area contributed by atoms with E-state index in [-0.39, 0.29) is 16.2 Å². The molecule has 188 valence electrons. The van der Waals surface area contributed by atoms with Crippen LogP contribution >= 0.6 is 8.38 Å². The number of rotatable bonds is 4. The number of benzene rings is 3.